The number of ether oxygens (including phenoxy) is 1. The van der Waals surface area contributed by atoms with E-state index < -0.39 is 84.9 Å². The maximum atomic E-state index is 14.9. The summed E-state index contributed by atoms with van der Waals surface area (Å²) >= 11 is 0. The molecule has 4 fully saturated rings. The molecule has 1 aromatic heterocycles. The third kappa shape index (κ3) is 6.41. The van der Waals surface area contributed by atoms with Crippen LogP contribution in [0.1, 0.15) is 102 Å². The Morgan fingerprint density at radius 2 is 1.78 bits per heavy atom. The molecule has 4 amide bonds. The molecule has 1 aromatic carbocycles. The van der Waals surface area contributed by atoms with Crippen LogP contribution in [0, 0.1) is 24.5 Å². The van der Waals surface area contributed by atoms with Gasteiger partial charge in [-0.05, 0) is 91.0 Å². The Hall–Kier alpha value is -4.34. The second-order valence-electron chi connectivity index (χ2n) is 17.1. The number of rotatable bonds is 5. The van der Waals surface area contributed by atoms with Crippen molar-refractivity contribution >= 4 is 44.7 Å². The molecule has 1 spiro atoms. The van der Waals surface area contributed by atoms with Crippen LogP contribution in [0.5, 0.6) is 5.75 Å². The standard InChI is InChI=1S/C39H47F2N5O8S/c1-22-31-24(25-17-26(40)27(41)18-28(25)42-22)11-12-38(54-31)20-30-32(47)43-39(34(49)44-55(52,53)37(3)15-16-37)19-23(39)9-7-5-4-6-8-10-29(33(48)45(30)21-38)46(35(50)51)36(2)13-14-36/h7,9,17-18,23,29-30H,4-6,8,10-16,19-21H2,1-3H3,(H,43,47)(H,44,49)(H,50,51)/b9-7-/t23-,29+,30+,38-,39-/m1/s1. The first-order valence-corrected chi connectivity index (χ1v) is 20.8. The average molecular weight is 784 g/mol. The number of aryl methyl sites for hydroxylation is 2. The largest absolute Gasteiger partial charge is 0.483 e. The van der Waals surface area contributed by atoms with Crippen molar-refractivity contribution < 1.29 is 46.2 Å². The molecular weight excluding hydrogens is 737 g/mol. The summed E-state index contributed by atoms with van der Waals surface area (Å²) in [7, 11) is -4.04. The van der Waals surface area contributed by atoms with Gasteiger partial charge in [-0.3, -0.25) is 24.0 Å². The molecule has 4 heterocycles. The van der Waals surface area contributed by atoms with Gasteiger partial charge in [0.15, 0.2) is 11.6 Å². The summed E-state index contributed by atoms with van der Waals surface area (Å²) in [4.78, 5) is 63.5. The van der Waals surface area contributed by atoms with Crippen molar-refractivity contribution in [1.82, 2.24) is 24.8 Å². The van der Waals surface area contributed by atoms with Gasteiger partial charge in [-0.25, -0.2) is 27.0 Å². The van der Waals surface area contributed by atoms with E-state index in [-0.39, 0.29) is 37.7 Å². The molecule has 8 rings (SSSR count). The first kappa shape index (κ1) is 37.6. The number of nitrogens with one attached hydrogen (secondary N) is 2. The van der Waals surface area contributed by atoms with Gasteiger partial charge < -0.3 is 20.1 Å². The highest BCUT2D eigenvalue weighted by Gasteiger charge is 2.64. The topological polar surface area (TPSA) is 175 Å². The molecule has 16 heteroatoms. The monoisotopic (exact) mass is 783 g/mol. The van der Waals surface area contributed by atoms with Crippen LogP contribution in [0.3, 0.4) is 0 Å². The number of pyridine rings is 1. The third-order valence-corrected chi connectivity index (χ3v) is 15.2. The van der Waals surface area contributed by atoms with Crippen molar-refractivity contribution in [2.24, 2.45) is 5.92 Å². The Bertz CT molecular complexity index is 2160. The molecule has 0 radical (unpaired) electrons. The number of benzene rings is 1. The second-order valence-corrected chi connectivity index (χ2v) is 19.3. The van der Waals surface area contributed by atoms with Crippen LogP contribution in [0.2, 0.25) is 0 Å². The molecule has 3 saturated carbocycles. The SMILES string of the molecule is Cc1nc2cc(F)c(F)cc2c2c1O[C@]1(CC2)C[C@H]2C(=O)N[C@]3(C(=O)NS(=O)(=O)C4(C)CC4)C[C@H]3/C=C\CCCCC[C@H](N(C(=O)O)C3(C)CC3)C(=O)N2C1. The maximum Gasteiger partial charge on any atom is 0.408 e. The van der Waals surface area contributed by atoms with E-state index in [2.05, 4.69) is 15.0 Å². The van der Waals surface area contributed by atoms with Crippen LogP contribution in [0.4, 0.5) is 13.6 Å². The first-order chi connectivity index (χ1) is 25.9. The number of carbonyl (C=O) groups is 4. The Morgan fingerprint density at radius 3 is 2.47 bits per heavy atom. The van der Waals surface area contributed by atoms with Crippen molar-refractivity contribution in [3.8, 4) is 5.75 Å². The molecule has 6 aliphatic rings. The smallest absolute Gasteiger partial charge is 0.408 e. The zero-order valence-corrected chi connectivity index (χ0v) is 32.1. The molecule has 55 heavy (non-hydrogen) atoms. The van der Waals surface area contributed by atoms with E-state index in [9.17, 15) is 41.5 Å². The summed E-state index contributed by atoms with van der Waals surface area (Å²) in [5.74, 6) is -4.26. The lowest BCUT2D eigenvalue weighted by atomic mass is 9.87. The molecule has 3 aliphatic carbocycles. The number of halogens is 2. The van der Waals surface area contributed by atoms with Crippen LogP contribution in [-0.4, -0.2) is 92.2 Å². The van der Waals surface area contributed by atoms with Gasteiger partial charge >= 0.3 is 6.09 Å². The minimum absolute atomic E-state index is 0.0229. The Balaban J connectivity index is 1.17. The van der Waals surface area contributed by atoms with Crippen molar-refractivity contribution in [2.75, 3.05) is 6.54 Å². The van der Waals surface area contributed by atoms with Gasteiger partial charge in [-0.1, -0.05) is 25.0 Å². The Morgan fingerprint density at radius 1 is 1.05 bits per heavy atom. The lowest BCUT2D eigenvalue weighted by Gasteiger charge is -2.38. The highest BCUT2D eigenvalue weighted by Crippen LogP contribution is 2.50. The van der Waals surface area contributed by atoms with Crippen LogP contribution < -0.4 is 14.8 Å². The van der Waals surface area contributed by atoms with Gasteiger partial charge in [0.05, 0.1) is 22.5 Å². The molecule has 13 nitrogen and oxygen atoms in total. The summed E-state index contributed by atoms with van der Waals surface area (Å²) in [6, 6.07) is -0.176. The summed E-state index contributed by atoms with van der Waals surface area (Å²) in [5, 5.41) is 13.8. The zero-order valence-electron chi connectivity index (χ0n) is 31.3. The minimum atomic E-state index is -4.04. The van der Waals surface area contributed by atoms with E-state index in [1.807, 2.05) is 19.1 Å². The van der Waals surface area contributed by atoms with Crippen LogP contribution in [-0.2, 0) is 30.8 Å². The van der Waals surface area contributed by atoms with Gasteiger partial charge in [-0.15, -0.1) is 0 Å². The summed E-state index contributed by atoms with van der Waals surface area (Å²) in [6.45, 7) is 4.97. The van der Waals surface area contributed by atoms with Crippen molar-refractivity contribution in [1.29, 1.82) is 0 Å². The van der Waals surface area contributed by atoms with Gasteiger partial charge in [0.25, 0.3) is 5.91 Å². The quantitative estimate of drug-likeness (QED) is 0.361. The number of hydrogen-bond acceptors (Lipinski definition) is 8. The number of aromatic nitrogens is 1. The van der Waals surface area contributed by atoms with Crippen LogP contribution >= 0.6 is 0 Å². The normalized spacial score (nSPS) is 31.4. The number of fused-ring (bicyclic) bond motifs is 5. The second kappa shape index (κ2) is 12.8. The van der Waals surface area contributed by atoms with Gasteiger partial charge in [0.2, 0.25) is 21.8 Å². The average Bonchev–Trinajstić information content (AvgIpc) is 4.08. The highest BCUT2D eigenvalue weighted by molar-refractivity contribution is 7.91. The molecule has 3 N–H and O–H groups in total. The molecular formula is C39H47F2N5O8S. The van der Waals surface area contributed by atoms with E-state index in [4.69, 9.17) is 4.74 Å². The Kier molecular flexibility index (Phi) is 8.78. The van der Waals surface area contributed by atoms with E-state index >= 15 is 0 Å². The van der Waals surface area contributed by atoms with Crippen molar-refractivity contribution in [3.63, 3.8) is 0 Å². The minimum Gasteiger partial charge on any atom is -0.483 e. The third-order valence-electron chi connectivity index (χ3n) is 13.1. The number of allylic oxidation sites excluding steroid dienone is 1. The van der Waals surface area contributed by atoms with Crippen molar-refractivity contribution in [2.45, 2.75) is 138 Å². The fourth-order valence-corrected chi connectivity index (χ4v) is 10.2. The van der Waals surface area contributed by atoms with Gasteiger partial charge in [0.1, 0.15) is 29.0 Å². The van der Waals surface area contributed by atoms with E-state index in [1.165, 1.54) is 9.80 Å². The van der Waals surface area contributed by atoms with Gasteiger partial charge in [-0.2, -0.15) is 0 Å². The number of carbonyl (C=O) groups excluding carboxylic acids is 3. The summed E-state index contributed by atoms with van der Waals surface area (Å²) in [6.07, 6.45) is 8.19. The predicted molar refractivity (Wildman–Crippen MR) is 195 cm³/mol. The fourth-order valence-electron chi connectivity index (χ4n) is 8.94. The molecule has 3 aliphatic heterocycles. The van der Waals surface area contributed by atoms with Crippen LogP contribution in [0.25, 0.3) is 10.9 Å². The van der Waals surface area contributed by atoms with E-state index in [0.717, 1.165) is 18.6 Å². The molecule has 0 unspecified atom stereocenters. The summed E-state index contributed by atoms with van der Waals surface area (Å²) in [5.41, 5.74) is -2.17. The Labute approximate surface area is 318 Å². The molecule has 296 valence electrons. The highest BCUT2D eigenvalue weighted by atomic mass is 32.2. The number of amides is 4. The van der Waals surface area contributed by atoms with Crippen LogP contribution in [0.15, 0.2) is 24.3 Å². The molecule has 2 aromatic rings. The first-order valence-electron chi connectivity index (χ1n) is 19.3. The summed E-state index contributed by atoms with van der Waals surface area (Å²) < 4.78 is 62.9. The fraction of sp³-hybridized carbons (Fsp3) is 0.615. The zero-order chi connectivity index (χ0) is 39.3. The molecule has 0 bridgehead atoms. The number of carboxylic acid groups (broad SMARTS) is 1. The van der Waals surface area contributed by atoms with Crippen molar-refractivity contribution in [3.05, 3.63) is 47.2 Å². The van der Waals surface area contributed by atoms with E-state index in [1.54, 1.807) is 13.8 Å². The number of hydrogen-bond donors (Lipinski definition) is 3. The van der Waals surface area contributed by atoms with E-state index in [0.29, 0.717) is 73.8 Å². The molecule has 1 saturated heterocycles. The van der Waals surface area contributed by atoms with Gasteiger partial charge in [0, 0.05) is 34.9 Å². The lowest BCUT2D eigenvalue weighted by molar-refractivity contribution is -0.144. The molecule has 5 atom stereocenters. The number of nitrogens with zero attached hydrogens (tertiary/aromatic N) is 3. The lowest BCUT2D eigenvalue weighted by Crippen LogP contribution is -2.60. The predicted octanol–water partition coefficient (Wildman–Crippen LogP) is 4.78. The number of sulfonamides is 1. The maximum absolute atomic E-state index is 14.9.